The molecule has 27 heavy (non-hydrogen) atoms. The largest absolute Gasteiger partial charge is 0.345 e. The Labute approximate surface area is 154 Å². The van der Waals surface area contributed by atoms with Gasteiger partial charge in [0.25, 0.3) is 0 Å². The van der Waals surface area contributed by atoms with Gasteiger partial charge in [0.15, 0.2) is 11.6 Å². The molecule has 0 aliphatic rings. The predicted octanol–water partition coefficient (Wildman–Crippen LogP) is 2.96. The number of carbonyl (C=O) groups is 1. The van der Waals surface area contributed by atoms with E-state index in [1.807, 2.05) is 6.07 Å². The summed E-state index contributed by atoms with van der Waals surface area (Å²) in [6.07, 6.45) is 3.15. The summed E-state index contributed by atoms with van der Waals surface area (Å²) in [6, 6.07) is 7.33. The van der Waals surface area contributed by atoms with E-state index in [9.17, 15) is 22.9 Å². The molecule has 0 spiro atoms. The number of fused-ring (bicyclic) bond motifs is 1. The smallest absolute Gasteiger partial charge is 0.232 e. The number of aromatic nitrogens is 2. The van der Waals surface area contributed by atoms with E-state index in [0.717, 1.165) is 0 Å². The molecule has 7 nitrogen and oxygen atoms in total. The highest BCUT2D eigenvalue weighted by molar-refractivity contribution is 7.92. The normalized spacial score (nSPS) is 11.3. The summed E-state index contributed by atoms with van der Waals surface area (Å²) in [7, 11) is -3.71. The van der Waals surface area contributed by atoms with Crippen molar-refractivity contribution in [2.75, 3.05) is 10.5 Å². The van der Waals surface area contributed by atoms with E-state index in [0.29, 0.717) is 17.5 Å². The molecule has 0 atom stereocenters. The molecule has 3 aromatic rings. The second-order valence-corrected chi connectivity index (χ2v) is 7.66. The summed E-state index contributed by atoms with van der Waals surface area (Å²) < 4.78 is 40.8. The first kappa shape index (κ1) is 18.5. The van der Waals surface area contributed by atoms with Crippen LogP contribution in [-0.2, 0) is 10.0 Å². The summed E-state index contributed by atoms with van der Waals surface area (Å²) in [5, 5.41) is 9.55. The van der Waals surface area contributed by atoms with Crippen LogP contribution in [0.2, 0.25) is 0 Å². The molecule has 0 fully saturated rings. The first-order chi connectivity index (χ1) is 12.9. The Morgan fingerprint density at radius 2 is 2.11 bits per heavy atom. The van der Waals surface area contributed by atoms with Gasteiger partial charge in [-0.15, -0.1) is 0 Å². The van der Waals surface area contributed by atoms with Crippen LogP contribution in [0.1, 0.15) is 34.8 Å². The SMILES string of the molecule is CCCS(=O)(=O)Nc1cccc(C(=O)c2c[nH]c3nccc(C#N)c23)c1F. The molecule has 3 rings (SSSR count). The van der Waals surface area contributed by atoms with Crippen LogP contribution in [-0.4, -0.2) is 29.9 Å². The summed E-state index contributed by atoms with van der Waals surface area (Å²) in [5.41, 5.74) is 0.0395. The van der Waals surface area contributed by atoms with Crippen LogP contribution in [0.4, 0.5) is 10.1 Å². The highest BCUT2D eigenvalue weighted by atomic mass is 32.2. The highest BCUT2D eigenvalue weighted by Crippen LogP contribution is 2.26. The molecule has 1 aromatic carbocycles. The first-order valence-electron chi connectivity index (χ1n) is 8.08. The quantitative estimate of drug-likeness (QED) is 0.632. The second-order valence-electron chi connectivity index (χ2n) is 5.81. The van der Waals surface area contributed by atoms with Crippen molar-refractivity contribution in [1.82, 2.24) is 9.97 Å². The van der Waals surface area contributed by atoms with Gasteiger partial charge in [0.05, 0.1) is 34.2 Å². The van der Waals surface area contributed by atoms with Crippen molar-refractivity contribution in [2.45, 2.75) is 13.3 Å². The lowest BCUT2D eigenvalue weighted by Gasteiger charge is -2.10. The van der Waals surface area contributed by atoms with E-state index in [-0.39, 0.29) is 28.1 Å². The average molecular weight is 386 g/mol. The lowest BCUT2D eigenvalue weighted by atomic mass is 10.0. The van der Waals surface area contributed by atoms with E-state index >= 15 is 0 Å². The van der Waals surface area contributed by atoms with Crippen molar-refractivity contribution < 1.29 is 17.6 Å². The van der Waals surface area contributed by atoms with Gasteiger partial charge in [-0.1, -0.05) is 13.0 Å². The third-order valence-corrected chi connectivity index (χ3v) is 5.40. The molecular formula is C18H15FN4O3S. The second kappa shape index (κ2) is 7.17. The fourth-order valence-corrected chi connectivity index (χ4v) is 3.88. The Morgan fingerprint density at radius 3 is 2.81 bits per heavy atom. The molecule has 2 N–H and O–H groups in total. The van der Waals surface area contributed by atoms with Crippen LogP contribution in [0, 0.1) is 17.1 Å². The van der Waals surface area contributed by atoms with Crippen molar-refractivity contribution in [1.29, 1.82) is 5.26 Å². The van der Waals surface area contributed by atoms with Crippen molar-refractivity contribution in [3.8, 4) is 6.07 Å². The fourth-order valence-electron chi connectivity index (χ4n) is 2.75. The number of nitrogens with zero attached hydrogens (tertiary/aromatic N) is 2. The van der Waals surface area contributed by atoms with E-state index < -0.39 is 21.6 Å². The lowest BCUT2D eigenvalue weighted by Crippen LogP contribution is -2.18. The minimum atomic E-state index is -3.71. The van der Waals surface area contributed by atoms with Crippen LogP contribution >= 0.6 is 0 Å². The van der Waals surface area contributed by atoms with Gasteiger partial charge in [-0.2, -0.15) is 5.26 Å². The molecule has 0 amide bonds. The number of halogens is 1. The molecule has 0 saturated heterocycles. The van der Waals surface area contributed by atoms with Gasteiger partial charge in [-0.05, 0) is 24.6 Å². The number of H-pyrrole nitrogens is 1. The average Bonchev–Trinajstić information content (AvgIpc) is 3.07. The maximum absolute atomic E-state index is 14.8. The number of anilines is 1. The number of hydrogen-bond acceptors (Lipinski definition) is 5. The van der Waals surface area contributed by atoms with Crippen LogP contribution in [0.15, 0.2) is 36.7 Å². The third-order valence-electron chi connectivity index (χ3n) is 3.92. The molecule has 9 heteroatoms. The maximum atomic E-state index is 14.8. The number of ketones is 1. The third kappa shape index (κ3) is 3.52. The minimum absolute atomic E-state index is 0.0853. The van der Waals surface area contributed by atoms with Gasteiger partial charge in [-0.3, -0.25) is 9.52 Å². The summed E-state index contributed by atoms with van der Waals surface area (Å²) in [4.78, 5) is 19.7. The number of aromatic amines is 1. The van der Waals surface area contributed by atoms with E-state index in [2.05, 4.69) is 14.7 Å². The lowest BCUT2D eigenvalue weighted by molar-refractivity contribution is 0.103. The fraction of sp³-hybridized carbons (Fsp3) is 0.167. The van der Waals surface area contributed by atoms with Crippen LogP contribution < -0.4 is 4.72 Å². The zero-order valence-electron chi connectivity index (χ0n) is 14.3. The van der Waals surface area contributed by atoms with Gasteiger partial charge >= 0.3 is 0 Å². The van der Waals surface area contributed by atoms with Crippen molar-refractivity contribution in [3.63, 3.8) is 0 Å². The van der Waals surface area contributed by atoms with Crippen LogP contribution in [0.5, 0.6) is 0 Å². The molecule has 138 valence electrons. The zero-order valence-corrected chi connectivity index (χ0v) is 15.1. The van der Waals surface area contributed by atoms with Crippen molar-refractivity contribution in [2.24, 2.45) is 0 Å². The molecule has 0 unspecified atom stereocenters. The number of carbonyl (C=O) groups excluding carboxylic acids is 1. The molecular weight excluding hydrogens is 371 g/mol. The Morgan fingerprint density at radius 1 is 1.33 bits per heavy atom. The number of nitrogens with one attached hydrogen (secondary N) is 2. The monoisotopic (exact) mass is 386 g/mol. The number of nitriles is 1. The number of sulfonamides is 1. The van der Waals surface area contributed by atoms with Crippen molar-refractivity contribution in [3.05, 3.63) is 59.2 Å². The molecule has 2 heterocycles. The Balaban J connectivity index is 2.07. The maximum Gasteiger partial charge on any atom is 0.232 e. The first-order valence-corrected chi connectivity index (χ1v) is 9.73. The molecule has 0 aliphatic heterocycles. The van der Waals surface area contributed by atoms with Crippen LogP contribution in [0.3, 0.4) is 0 Å². The van der Waals surface area contributed by atoms with Crippen molar-refractivity contribution >= 4 is 32.5 Å². The summed E-state index contributed by atoms with van der Waals surface area (Å²) in [6.45, 7) is 1.69. The number of benzene rings is 1. The molecule has 0 aliphatic carbocycles. The molecule has 0 radical (unpaired) electrons. The van der Waals surface area contributed by atoms with Gasteiger partial charge in [0.1, 0.15) is 5.65 Å². The number of hydrogen-bond donors (Lipinski definition) is 2. The molecule has 0 saturated carbocycles. The Kier molecular flexibility index (Phi) is 4.92. The zero-order chi connectivity index (χ0) is 19.6. The number of pyridine rings is 1. The van der Waals surface area contributed by atoms with Gasteiger partial charge in [0, 0.05) is 17.8 Å². The van der Waals surface area contributed by atoms with Crippen LogP contribution in [0.25, 0.3) is 11.0 Å². The molecule has 2 aromatic heterocycles. The summed E-state index contributed by atoms with van der Waals surface area (Å²) in [5.74, 6) is -1.82. The predicted molar refractivity (Wildman–Crippen MR) is 98.3 cm³/mol. The molecule has 0 bridgehead atoms. The van der Waals surface area contributed by atoms with Gasteiger partial charge in [-0.25, -0.2) is 17.8 Å². The standard InChI is InChI=1S/C18H15FN4O3S/c1-2-8-27(25,26)23-14-5-3-4-12(16(14)19)17(24)13-10-22-18-15(13)11(9-20)6-7-21-18/h3-7,10,23H,2,8H2,1H3,(H,21,22). The van der Waals surface area contributed by atoms with Gasteiger partial charge in [0.2, 0.25) is 10.0 Å². The topological polar surface area (TPSA) is 116 Å². The summed E-state index contributed by atoms with van der Waals surface area (Å²) >= 11 is 0. The number of rotatable bonds is 6. The Hall–Kier alpha value is -3.25. The van der Waals surface area contributed by atoms with E-state index in [1.165, 1.54) is 36.7 Å². The Bertz CT molecular complexity index is 1180. The van der Waals surface area contributed by atoms with Gasteiger partial charge < -0.3 is 4.98 Å². The minimum Gasteiger partial charge on any atom is -0.345 e. The van der Waals surface area contributed by atoms with E-state index in [4.69, 9.17) is 0 Å². The highest BCUT2D eigenvalue weighted by Gasteiger charge is 2.23. The van der Waals surface area contributed by atoms with E-state index in [1.54, 1.807) is 6.92 Å².